The highest BCUT2D eigenvalue weighted by Crippen LogP contribution is 2.20. The van der Waals surface area contributed by atoms with Crippen LogP contribution in [0.25, 0.3) is 0 Å². The second kappa shape index (κ2) is 9.11. The van der Waals surface area contributed by atoms with Gasteiger partial charge in [0.1, 0.15) is 5.82 Å². The fraction of sp³-hybridized carbons (Fsp3) is 0.300. The molecule has 2 amide bonds. The zero-order valence-corrected chi connectivity index (χ0v) is 17.8. The van der Waals surface area contributed by atoms with E-state index in [4.69, 9.17) is 11.6 Å². The molecule has 0 spiro atoms. The van der Waals surface area contributed by atoms with Crippen molar-refractivity contribution in [1.82, 2.24) is 14.5 Å². The molecule has 0 aromatic heterocycles. The van der Waals surface area contributed by atoms with E-state index >= 15 is 0 Å². The molecule has 1 aliphatic rings. The Hall–Kier alpha value is -2.49. The van der Waals surface area contributed by atoms with E-state index in [-0.39, 0.29) is 65.6 Å². The van der Waals surface area contributed by atoms with Crippen molar-refractivity contribution < 1.29 is 22.4 Å². The van der Waals surface area contributed by atoms with Gasteiger partial charge in [-0.15, -0.1) is 0 Å². The van der Waals surface area contributed by atoms with Crippen LogP contribution in [0.2, 0.25) is 5.02 Å². The molecule has 1 aliphatic heterocycles. The van der Waals surface area contributed by atoms with Crippen molar-refractivity contribution >= 4 is 33.4 Å². The normalized spacial score (nSPS) is 14.6. The first-order chi connectivity index (χ1) is 14.2. The smallest absolute Gasteiger partial charge is 0.255 e. The van der Waals surface area contributed by atoms with Crippen LogP contribution in [0, 0.1) is 5.82 Å². The van der Waals surface area contributed by atoms with Crippen LogP contribution in [0.4, 0.5) is 4.39 Å². The van der Waals surface area contributed by atoms with Crippen LogP contribution in [0.15, 0.2) is 47.4 Å². The summed E-state index contributed by atoms with van der Waals surface area (Å²) >= 11 is 5.97. The van der Waals surface area contributed by atoms with Crippen molar-refractivity contribution in [3.8, 4) is 0 Å². The first kappa shape index (κ1) is 22.2. The van der Waals surface area contributed by atoms with Crippen molar-refractivity contribution in [2.45, 2.75) is 11.8 Å². The maximum absolute atomic E-state index is 13.2. The molecule has 30 heavy (non-hydrogen) atoms. The van der Waals surface area contributed by atoms with E-state index in [9.17, 15) is 22.4 Å². The van der Waals surface area contributed by atoms with Crippen LogP contribution < -0.4 is 4.72 Å². The number of amides is 2. The second-order valence-electron chi connectivity index (χ2n) is 6.74. The molecule has 7 nitrogen and oxygen atoms in total. The number of halogens is 2. The fourth-order valence-electron chi connectivity index (χ4n) is 3.20. The van der Waals surface area contributed by atoms with E-state index in [0.717, 1.165) is 6.07 Å². The first-order valence-electron chi connectivity index (χ1n) is 9.36. The largest absolute Gasteiger partial charge is 0.335 e. The molecule has 3 rings (SSSR count). The Balaban J connectivity index is 1.68. The lowest BCUT2D eigenvalue weighted by molar-refractivity contribution is 0.0535. The lowest BCUT2D eigenvalue weighted by Gasteiger charge is -2.35. The number of carbonyl (C=O) groups is 2. The second-order valence-corrected chi connectivity index (χ2v) is 8.91. The molecule has 2 aromatic rings. The summed E-state index contributed by atoms with van der Waals surface area (Å²) in [6.45, 7) is 3.06. The Labute approximate surface area is 179 Å². The molecule has 1 fully saturated rings. The van der Waals surface area contributed by atoms with Gasteiger partial charge in [0.05, 0.1) is 15.5 Å². The van der Waals surface area contributed by atoms with E-state index in [0.29, 0.717) is 0 Å². The predicted octanol–water partition coefficient (Wildman–Crippen LogP) is 2.38. The monoisotopic (exact) mass is 453 g/mol. The minimum Gasteiger partial charge on any atom is -0.335 e. The molecule has 10 heteroatoms. The van der Waals surface area contributed by atoms with Crippen LogP contribution in [-0.2, 0) is 10.0 Å². The lowest BCUT2D eigenvalue weighted by atomic mass is 10.1. The van der Waals surface area contributed by atoms with Gasteiger partial charge in [0.25, 0.3) is 11.8 Å². The van der Waals surface area contributed by atoms with Gasteiger partial charge >= 0.3 is 0 Å². The minimum absolute atomic E-state index is 0.0231. The molecule has 0 unspecified atom stereocenters. The number of rotatable bonds is 5. The molecular weight excluding hydrogens is 433 g/mol. The van der Waals surface area contributed by atoms with Gasteiger partial charge in [0.2, 0.25) is 10.0 Å². The third-order valence-corrected chi connectivity index (χ3v) is 6.60. The van der Waals surface area contributed by atoms with E-state index in [1.54, 1.807) is 22.8 Å². The van der Waals surface area contributed by atoms with Gasteiger partial charge in [-0.2, -0.15) is 0 Å². The van der Waals surface area contributed by atoms with Gasteiger partial charge in [0, 0.05) is 38.3 Å². The highest BCUT2D eigenvalue weighted by Gasteiger charge is 2.27. The van der Waals surface area contributed by atoms with Crippen LogP contribution in [0.1, 0.15) is 27.6 Å². The van der Waals surface area contributed by atoms with E-state index in [2.05, 4.69) is 4.72 Å². The van der Waals surface area contributed by atoms with Crippen LogP contribution in [0.5, 0.6) is 0 Å². The minimum atomic E-state index is -3.67. The number of piperazine rings is 1. The first-order valence-corrected chi connectivity index (χ1v) is 11.2. The Morgan fingerprint density at radius 1 is 1.03 bits per heavy atom. The van der Waals surface area contributed by atoms with E-state index < -0.39 is 15.8 Å². The number of hydrogen-bond donors (Lipinski definition) is 1. The number of sulfonamides is 1. The van der Waals surface area contributed by atoms with Gasteiger partial charge in [0.15, 0.2) is 0 Å². The van der Waals surface area contributed by atoms with Crippen molar-refractivity contribution in [3.05, 3.63) is 64.4 Å². The highest BCUT2D eigenvalue weighted by atomic mass is 35.5. The summed E-state index contributed by atoms with van der Waals surface area (Å²) in [6.07, 6.45) is 0. The zero-order chi connectivity index (χ0) is 21.9. The van der Waals surface area contributed by atoms with Crippen molar-refractivity contribution in [2.75, 3.05) is 32.7 Å². The number of hydrogen-bond acceptors (Lipinski definition) is 4. The molecule has 160 valence electrons. The summed E-state index contributed by atoms with van der Waals surface area (Å²) in [4.78, 5) is 28.6. The fourth-order valence-corrected chi connectivity index (χ4v) is 4.53. The molecule has 1 N–H and O–H groups in total. The molecule has 1 saturated heterocycles. The third kappa shape index (κ3) is 4.80. The van der Waals surface area contributed by atoms with Crippen molar-refractivity contribution in [1.29, 1.82) is 0 Å². The van der Waals surface area contributed by atoms with Crippen LogP contribution in [0.3, 0.4) is 0 Å². The number of nitrogens with zero attached hydrogens (tertiary/aromatic N) is 2. The molecule has 0 bridgehead atoms. The van der Waals surface area contributed by atoms with Gasteiger partial charge in [-0.1, -0.05) is 24.6 Å². The SMILES string of the molecule is CCNS(=O)(=O)c1cccc(C(=O)N2CCN(C(=O)c3ccc(F)cc3Cl)CC2)c1. The molecule has 0 aliphatic carbocycles. The zero-order valence-electron chi connectivity index (χ0n) is 16.3. The summed E-state index contributed by atoms with van der Waals surface area (Å²) in [5.41, 5.74) is 0.467. The Bertz CT molecular complexity index is 1070. The van der Waals surface area contributed by atoms with Gasteiger partial charge < -0.3 is 9.80 Å². The van der Waals surface area contributed by atoms with Crippen molar-refractivity contribution in [3.63, 3.8) is 0 Å². The van der Waals surface area contributed by atoms with Crippen molar-refractivity contribution in [2.24, 2.45) is 0 Å². The molecule has 1 heterocycles. The third-order valence-electron chi connectivity index (χ3n) is 4.74. The summed E-state index contributed by atoms with van der Waals surface area (Å²) in [6, 6.07) is 9.45. The number of benzene rings is 2. The Kier molecular flexibility index (Phi) is 6.74. The summed E-state index contributed by atoms with van der Waals surface area (Å²) in [5, 5.41) is 0.0391. The summed E-state index contributed by atoms with van der Waals surface area (Å²) in [5.74, 6) is -1.16. The maximum atomic E-state index is 13.2. The highest BCUT2D eigenvalue weighted by molar-refractivity contribution is 7.89. The maximum Gasteiger partial charge on any atom is 0.255 e. The molecular formula is C20H21ClFN3O4S. The van der Waals surface area contributed by atoms with E-state index in [1.807, 2.05) is 0 Å². The molecule has 2 aromatic carbocycles. The average molecular weight is 454 g/mol. The summed E-state index contributed by atoms with van der Waals surface area (Å²) < 4.78 is 39.9. The van der Waals surface area contributed by atoms with E-state index in [1.165, 1.54) is 30.3 Å². The Morgan fingerprint density at radius 3 is 2.27 bits per heavy atom. The topological polar surface area (TPSA) is 86.8 Å². The van der Waals surface area contributed by atoms with Crippen LogP contribution >= 0.6 is 11.6 Å². The molecule has 0 saturated carbocycles. The predicted molar refractivity (Wildman–Crippen MR) is 111 cm³/mol. The molecule has 0 atom stereocenters. The number of nitrogens with one attached hydrogen (secondary N) is 1. The summed E-state index contributed by atoms with van der Waals surface area (Å²) in [7, 11) is -3.67. The average Bonchev–Trinajstić information content (AvgIpc) is 2.73. The quantitative estimate of drug-likeness (QED) is 0.753. The number of carbonyl (C=O) groups excluding carboxylic acids is 2. The molecule has 0 radical (unpaired) electrons. The standard InChI is InChI=1S/C20H21ClFN3O4S/c1-2-23-30(28,29)16-5-3-4-14(12-16)19(26)24-8-10-25(11-9-24)20(27)17-7-6-15(22)13-18(17)21/h3-7,12-13,23H,2,8-11H2,1H3. The van der Waals surface area contributed by atoms with Gasteiger partial charge in [-0.3, -0.25) is 9.59 Å². The lowest BCUT2D eigenvalue weighted by Crippen LogP contribution is -2.50. The van der Waals surface area contributed by atoms with Gasteiger partial charge in [-0.25, -0.2) is 17.5 Å². The van der Waals surface area contributed by atoms with Crippen LogP contribution in [-0.4, -0.2) is 62.8 Å². The Morgan fingerprint density at radius 2 is 1.67 bits per heavy atom. The van der Waals surface area contributed by atoms with Gasteiger partial charge in [-0.05, 0) is 36.4 Å².